The van der Waals surface area contributed by atoms with Crippen LogP contribution in [0.5, 0.6) is 11.5 Å². The summed E-state index contributed by atoms with van der Waals surface area (Å²) in [5, 5.41) is 31.8. The van der Waals surface area contributed by atoms with E-state index in [1.807, 2.05) is 46.9 Å². The Labute approximate surface area is 346 Å². The number of benzene rings is 1. The van der Waals surface area contributed by atoms with E-state index in [2.05, 4.69) is 16.0 Å². The van der Waals surface area contributed by atoms with Crippen molar-refractivity contribution in [3.63, 3.8) is 0 Å². The number of hydrogen-bond donors (Lipinski definition) is 5. The van der Waals surface area contributed by atoms with Crippen LogP contribution in [-0.2, 0) is 19.1 Å². The Kier molecular flexibility index (Phi) is 11.7. The van der Waals surface area contributed by atoms with Crippen LogP contribution in [0.25, 0.3) is 22.3 Å². The van der Waals surface area contributed by atoms with E-state index in [4.69, 9.17) is 35.8 Å². The number of amides is 3. The number of rotatable bonds is 15. The Morgan fingerprint density at radius 2 is 1.79 bits per heavy atom. The molecule has 3 aromatic rings. The van der Waals surface area contributed by atoms with Crippen LogP contribution in [0.4, 0.5) is 9.93 Å². The number of carbonyl (C=O) groups excluding carboxylic acids is 3. The van der Waals surface area contributed by atoms with E-state index in [-0.39, 0.29) is 55.7 Å². The summed E-state index contributed by atoms with van der Waals surface area (Å²) in [7, 11) is 0. The van der Waals surface area contributed by atoms with Crippen molar-refractivity contribution in [2.75, 3.05) is 25.1 Å². The molecule has 3 amide bonds. The third-order valence-electron chi connectivity index (χ3n) is 11.7. The molecule has 7 rings (SSSR count). The SMILES string of the molecule is CC[C@@H]1C[C@]1(NC(=O)[C@@H]1C[C@@H](Oc2cc(-c3csc(NC(C)C)n3)nc3c(Cl)c(OCCO)ccc23)CN1C(=O)[C@@H](NC(=O)OC1C[C@@H]2C[C@@H]2C1)C(C)(C)C)C(=O)O. The summed E-state index contributed by atoms with van der Waals surface area (Å²) in [5.41, 5.74) is -0.844. The lowest BCUT2D eigenvalue weighted by Crippen LogP contribution is -2.59. The van der Waals surface area contributed by atoms with E-state index in [0.717, 1.165) is 12.8 Å². The zero-order valence-corrected chi connectivity index (χ0v) is 35.2. The topological polar surface area (TPSA) is 202 Å². The van der Waals surface area contributed by atoms with Crippen molar-refractivity contribution in [3.8, 4) is 22.9 Å². The molecule has 314 valence electrons. The number of hydrogen-bond acceptors (Lipinski definition) is 12. The number of carboxylic acid groups (broad SMARTS) is 1. The smallest absolute Gasteiger partial charge is 0.408 e. The molecule has 3 saturated carbocycles. The summed E-state index contributed by atoms with van der Waals surface area (Å²) >= 11 is 8.29. The normalized spacial score (nSPS) is 26.5. The number of nitrogens with one attached hydrogen (secondary N) is 3. The van der Waals surface area contributed by atoms with Gasteiger partial charge in [-0.3, -0.25) is 9.59 Å². The van der Waals surface area contributed by atoms with Gasteiger partial charge in [-0.1, -0.05) is 45.7 Å². The number of likely N-dealkylation sites (tertiary alicyclic amines) is 1. The molecule has 1 saturated heterocycles. The minimum atomic E-state index is -1.42. The number of aromatic nitrogens is 2. The maximum Gasteiger partial charge on any atom is 0.408 e. The monoisotopic (exact) mass is 840 g/mol. The summed E-state index contributed by atoms with van der Waals surface area (Å²) in [6.45, 7) is 11.1. The molecular weight excluding hydrogens is 788 g/mol. The number of aliphatic hydroxyl groups is 1. The van der Waals surface area contributed by atoms with Gasteiger partial charge in [0.05, 0.1) is 24.4 Å². The Bertz CT molecular complexity index is 2060. The number of aliphatic hydroxyl groups excluding tert-OH is 1. The number of fused-ring (bicyclic) bond motifs is 2. The maximum atomic E-state index is 14.7. The van der Waals surface area contributed by atoms with Crippen LogP contribution in [0, 0.1) is 23.2 Å². The molecule has 58 heavy (non-hydrogen) atoms. The molecule has 1 aromatic carbocycles. The van der Waals surface area contributed by atoms with Gasteiger partial charge in [0.15, 0.2) is 5.13 Å². The number of alkyl carbamates (subject to hydrolysis) is 1. The number of thiazole rings is 1. The van der Waals surface area contributed by atoms with Gasteiger partial charge in [0.2, 0.25) is 11.8 Å². The minimum Gasteiger partial charge on any atom is -0.490 e. The lowest BCUT2D eigenvalue weighted by molar-refractivity contribution is -0.146. The molecule has 5 N–H and O–H groups in total. The van der Waals surface area contributed by atoms with Gasteiger partial charge in [0, 0.05) is 29.3 Å². The fourth-order valence-corrected chi connectivity index (χ4v) is 9.54. The average Bonchev–Trinajstić information content (AvgIpc) is 3.83. The van der Waals surface area contributed by atoms with Crippen molar-refractivity contribution >= 4 is 62.8 Å². The van der Waals surface area contributed by atoms with Crippen LogP contribution < -0.4 is 25.4 Å². The van der Waals surface area contributed by atoms with Gasteiger partial charge in [0.25, 0.3) is 0 Å². The number of pyridine rings is 1. The predicted molar refractivity (Wildman–Crippen MR) is 218 cm³/mol. The first-order chi connectivity index (χ1) is 27.5. The largest absolute Gasteiger partial charge is 0.490 e. The number of halogens is 1. The van der Waals surface area contributed by atoms with Crippen LogP contribution in [0.15, 0.2) is 23.6 Å². The first-order valence-electron chi connectivity index (χ1n) is 20.1. The summed E-state index contributed by atoms with van der Waals surface area (Å²) in [6.07, 6.45) is 2.03. The molecule has 1 aliphatic heterocycles. The first-order valence-corrected chi connectivity index (χ1v) is 21.4. The van der Waals surface area contributed by atoms with E-state index in [1.54, 1.807) is 18.2 Å². The minimum absolute atomic E-state index is 0.0196. The van der Waals surface area contributed by atoms with Crippen molar-refractivity contribution < 1.29 is 43.6 Å². The standard InChI is InChI=1S/C41H53ClN6O9S/c1-7-23-17-41(23,37(52)53)47-35(50)29-15-25(18-48(29)36(51)34(40(4,5)6)46-39(54)57-24-13-21-12-22(21)14-24)56-31-16-27(28-19-58-38(45-28)43-20(2)3)44-33-26(31)8-9-30(32(33)42)55-11-10-49/h8-9,16,19-25,29,34,49H,7,10-15,17-18H2,1-6H3,(H,43,45)(H,46,54)(H,47,50)(H,52,53)/t21-,22+,23-,24?,25-,29+,34-,41-/m1/s1. The molecule has 3 aliphatic carbocycles. The number of nitrogens with zero attached hydrogens (tertiary/aromatic N) is 3. The second-order valence-electron chi connectivity index (χ2n) is 17.4. The summed E-state index contributed by atoms with van der Waals surface area (Å²) in [5.74, 6) is -0.626. The fraction of sp³-hybridized carbons (Fsp3) is 0.610. The highest BCUT2D eigenvalue weighted by atomic mass is 35.5. The molecule has 8 atom stereocenters. The Morgan fingerprint density at radius 3 is 2.43 bits per heavy atom. The number of ether oxygens (including phenoxy) is 3. The quantitative estimate of drug-likeness (QED) is 0.122. The van der Waals surface area contributed by atoms with Crippen molar-refractivity contribution in [1.29, 1.82) is 0 Å². The third-order valence-corrected chi connectivity index (χ3v) is 12.8. The van der Waals surface area contributed by atoms with E-state index in [0.29, 0.717) is 57.2 Å². The van der Waals surface area contributed by atoms with E-state index in [1.165, 1.54) is 22.7 Å². The van der Waals surface area contributed by atoms with Crippen LogP contribution >= 0.6 is 22.9 Å². The molecule has 3 heterocycles. The summed E-state index contributed by atoms with van der Waals surface area (Å²) in [6, 6.07) is 3.08. The molecule has 0 spiro atoms. The van der Waals surface area contributed by atoms with Crippen LogP contribution in [0.3, 0.4) is 0 Å². The highest BCUT2D eigenvalue weighted by molar-refractivity contribution is 7.14. The molecular formula is C41H53ClN6O9S. The van der Waals surface area contributed by atoms with Gasteiger partial charge in [-0.25, -0.2) is 19.6 Å². The van der Waals surface area contributed by atoms with E-state index >= 15 is 0 Å². The zero-order chi connectivity index (χ0) is 41.7. The summed E-state index contributed by atoms with van der Waals surface area (Å²) < 4.78 is 18.2. The Balaban J connectivity index is 1.21. The van der Waals surface area contributed by atoms with Gasteiger partial charge in [-0.05, 0) is 74.8 Å². The second-order valence-corrected chi connectivity index (χ2v) is 18.7. The maximum absolute atomic E-state index is 14.7. The molecule has 0 radical (unpaired) electrons. The van der Waals surface area contributed by atoms with Crippen molar-refractivity contribution in [2.45, 2.75) is 116 Å². The fourth-order valence-electron chi connectivity index (χ4n) is 8.43. The molecule has 1 unspecified atom stereocenters. The van der Waals surface area contributed by atoms with Crippen LogP contribution in [0.2, 0.25) is 5.02 Å². The zero-order valence-electron chi connectivity index (χ0n) is 33.7. The molecule has 2 aromatic heterocycles. The molecule has 0 bridgehead atoms. The van der Waals surface area contributed by atoms with E-state index < -0.39 is 53.0 Å². The van der Waals surface area contributed by atoms with Crippen LogP contribution in [0.1, 0.15) is 80.1 Å². The Morgan fingerprint density at radius 1 is 1.05 bits per heavy atom. The number of carbonyl (C=O) groups is 4. The molecule has 4 fully saturated rings. The molecule has 4 aliphatic rings. The second kappa shape index (κ2) is 16.3. The van der Waals surface area contributed by atoms with Crippen molar-refractivity contribution in [1.82, 2.24) is 25.5 Å². The summed E-state index contributed by atoms with van der Waals surface area (Å²) in [4.78, 5) is 65.6. The van der Waals surface area contributed by atoms with Gasteiger partial charge in [-0.2, -0.15) is 0 Å². The van der Waals surface area contributed by atoms with Gasteiger partial charge >= 0.3 is 12.1 Å². The predicted octanol–water partition coefficient (Wildman–Crippen LogP) is 5.86. The van der Waals surface area contributed by atoms with Gasteiger partial charge < -0.3 is 45.3 Å². The molecule has 17 heteroatoms. The highest BCUT2D eigenvalue weighted by Crippen LogP contribution is 2.52. The first kappa shape index (κ1) is 41.7. The molecule has 15 nitrogen and oxygen atoms in total. The number of carboxylic acids is 1. The van der Waals surface area contributed by atoms with Crippen molar-refractivity contribution in [2.24, 2.45) is 23.2 Å². The van der Waals surface area contributed by atoms with Crippen molar-refractivity contribution in [3.05, 3.63) is 28.6 Å². The lowest BCUT2D eigenvalue weighted by Gasteiger charge is -2.35. The lowest BCUT2D eigenvalue weighted by atomic mass is 9.85. The van der Waals surface area contributed by atoms with Gasteiger partial charge in [-0.15, -0.1) is 11.3 Å². The third kappa shape index (κ3) is 8.64. The average molecular weight is 841 g/mol. The van der Waals surface area contributed by atoms with Gasteiger partial charge in [0.1, 0.15) is 58.7 Å². The Hall–Kier alpha value is -4.41. The highest BCUT2D eigenvalue weighted by Gasteiger charge is 2.61. The van der Waals surface area contributed by atoms with E-state index in [9.17, 15) is 29.4 Å². The van der Waals surface area contributed by atoms with Crippen LogP contribution in [-0.4, -0.2) is 105 Å². The number of anilines is 1. The number of aliphatic carboxylic acids is 1.